The maximum atomic E-state index is 13.1. The van der Waals surface area contributed by atoms with Gasteiger partial charge in [-0.15, -0.1) is 0 Å². The lowest BCUT2D eigenvalue weighted by molar-refractivity contribution is -0.138. The van der Waals surface area contributed by atoms with Gasteiger partial charge < -0.3 is 25.2 Å². The van der Waals surface area contributed by atoms with Gasteiger partial charge in [0.15, 0.2) is 0 Å². The highest BCUT2D eigenvalue weighted by Gasteiger charge is 2.40. The predicted octanol–water partition coefficient (Wildman–Crippen LogP) is 1.80. The molecule has 0 radical (unpaired) electrons. The fourth-order valence-corrected chi connectivity index (χ4v) is 3.53. The molecule has 1 unspecified atom stereocenters. The fourth-order valence-electron chi connectivity index (χ4n) is 3.53. The molecule has 3 atom stereocenters. The highest BCUT2D eigenvalue weighted by atomic mass is 16.6. The highest BCUT2D eigenvalue weighted by Crippen LogP contribution is 2.14. The maximum Gasteiger partial charge on any atom is 0.426 e. The predicted molar refractivity (Wildman–Crippen MR) is 127 cm³/mol. The first-order chi connectivity index (χ1) is 17.0. The van der Waals surface area contributed by atoms with Crippen LogP contribution in [0.3, 0.4) is 0 Å². The monoisotopic (exact) mass is 506 g/mol. The lowest BCUT2D eigenvalue weighted by Gasteiger charge is -2.25. The van der Waals surface area contributed by atoms with E-state index in [0.29, 0.717) is 5.01 Å². The number of aliphatic carboxylic acids is 1. The smallest absolute Gasteiger partial charge is 0.426 e. The SMILES string of the molecule is CC(C)C[C@H](NC(=O)OCc1ccccc1)C(=O)N[C@@H](CC(C)C)C(=O)C1NN(CC(=O)O)C(=O)O1. The number of carboxylic acids is 1. The van der Waals surface area contributed by atoms with Crippen molar-refractivity contribution in [3.63, 3.8) is 0 Å². The van der Waals surface area contributed by atoms with Crippen molar-refractivity contribution in [1.82, 2.24) is 21.1 Å². The Morgan fingerprint density at radius 2 is 1.64 bits per heavy atom. The number of Topliss-reactive ketones (excluding diaryl/α,β-unsaturated/α-hetero) is 1. The van der Waals surface area contributed by atoms with Crippen LogP contribution in [-0.2, 0) is 30.5 Å². The summed E-state index contributed by atoms with van der Waals surface area (Å²) in [4.78, 5) is 61.4. The second-order valence-corrected chi connectivity index (χ2v) is 9.35. The number of amides is 3. The summed E-state index contributed by atoms with van der Waals surface area (Å²) in [6, 6.07) is 7.05. The molecule has 3 amide bonds. The lowest BCUT2D eigenvalue weighted by Crippen LogP contribution is -2.55. The number of benzene rings is 1. The van der Waals surface area contributed by atoms with Crippen molar-refractivity contribution in [2.75, 3.05) is 6.54 Å². The molecule has 1 aliphatic rings. The van der Waals surface area contributed by atoms with Gasteiger partial charge in [-0.3, -0.25) is 14.4 Å². The van der Waals surface area contributed by atoms with E-state index >= 15 is 0 Å². The number of hydrogen-bond acceptors (Lipinski definition) is 8. The number of carbonyl (C=O) groups is 5. The average Bonchev–Trinajstić information content (AvgIpc) is 3.15. The normalized spacial score (nSPS) is 16.9. The molecule has 198 valence electrons. The van der Waals surface area contributed by atoms with Crippen LogP contribution in [0.2, 0.25) is 0 Å². The summed E-state index contributed by atoms with van der Waals surface area (Å²) in [5.74, 6) is -2.50. The quantitative estimate of drug-likeness (QED) is 0.312. The van der Waals surface area contributed by atoms with Gasteiger partial charge in [-0.1, -0.05) is 58.0 Å². The van der Waals surface area contributed by atoms with E-state index in [-0.39, 0.29) is 31.3 Å². The lowest BCUT2D eigenvalue weighted by atomic mass is 9.97. The van der Waals surface area contributed by atoms with Gasteiger partial charge in [-0.2, -0.15) is 5.43 Å². The summed E-state index contributed by atoms with van der Waals surface area (Å²) >= 11 is 0. The van der Waals surface area contributed by atoms with Crippen LogP contribution in [0, 0.1) is 11.8 Å². The van der Waals surface area contributed by atoms with Gasteiger partial charge in [0, 0.05) is 0 Å². The van der Waals surface area contributed by atoms with Gasteiger partial charge >= 0.3 is 18.2 Å². The Morgan fingerprint density at radius 3 is 2.22 bits per heavy atom. The van der Waals surface area contributed by atoms with Crippen molar-refractivity contribution in [2.45, 2.75) is 65.5 Å². The first kappa shape index (κ1) is 28.6. The molecule has 4 N–H and O–H groups in total. The molecule has 0 bridgehead atoms. The van der Waals surface area contributed by atoms with Crippen molar-refractivity contribution in [2.24, 2.45) is 11.8 Å². The molecule has 1 heterocycles. The largest absolute Gasteiger partial charge is 0.480 e. The molecule has 36 heavy (non-hydrogen) atoms. The summed E-state index contributed by atoms with van der Waals surface area (Å²) in [6.07, 6.45) is -2.72. The number of rotatable bonds is 13. The van der Waals surface area contributed by atoms with Gasteiger partial charge in [0.1, 0.15) is 19.2 Å². The van der Waals surface area contributed by atoms with Crippen LogP contribution >= 0.6 is 0 Å². The minimum atomic E-state index is -1.45. The van der Waals surface area contributed by atoms with E-state index in [1.54, 1.807) is 12.1 Å². The molecular weight excluding hydrogens is 472 g/mol. The fraction of sp³-hybridized carbons (Fsp3) is 0.542. The average molecular weight is 507 g/mol. The number of cyclic esters (lactones) is 1. The molecule has 1 aliphatic heterocycles. The van der Waals surface area contributed by atoms with Gasteiger partial charge in [0.05, 0.1) is 6.04 Å². The van der Waals surface area contributed by atoms with Crippen molar-refractivity contribution in [1.29, 1.82) is 0 Å². The molecule has 1 aromatic rings. The van der Waals surface area contributed by atoms with Crippen LogP contribution in [0.25, 0.3) is 0 Å². The van der Waals surface area contributed by atoms with Gasteiger partial charge in [0.25, 0.3) is 0 Å². The molecule has 1 saturated heterocycles. The summed E-state index contributed by atoms with van der Waals surface area (Å²) in [5, 5.41) is 14.8. The second-order valence-electron chi connectivity index (χ2n) is 9.35. The number of ketones is 1. The van der Waals surface area contributed by atoms with E-state index in [1.807, 2.05) is 45.9 Å². The number of ether oxygens (including phenoxy) is 2. The third-order valence-electron chi connectivity index (χ3n) is 5.16. The molecule has 1 aromatic carbocycles. The number of alkyl carbamates (subject to hydrolysis) is 1. The number of nitrogens with one attached hydrogen (secondary N) is 3. The van der Waals surface area contributed by atoms with E-state index in [2.05, 4.69) is 16.1 Å². The minimum Gasteiger partial charge on any atom is -0.480 e. The zero-order chi connectivity index (χ0) is 26.8. The van der Waals surface area contributed by atoms with E-state index < -0.39 is 54.7 Å². The van der Waals surface area contributed by atoms with E-state index in [1.165, 1.54) is 0 Å². The van der Waals surface area contributed by atoms with E-state index in [0.717, 1.165) is 5.56 Å². The standard InChI is InChI=1S/C24H34N4O8/c1-14(2)10-17(20(31)22-27-28(12-19(29)30)24(34)36-22)25-21(32)18(11-15(3)4)26-23(33)35-13-16-8-6-5-7-9-16/h5-9,14-15,17-18,22,27H,10-13H2,1-4H3,(H,25,32)(H,26,33)(H,29,30)/t17-,18-,22?/m0/s1. The van der Waals surface area contributed by atoms with Crippen LogP contribution in [0.1, 0.15) is 46.1 Å². The van der Waals surface area contributed by atoms with Gasteiger partial charge in [0.2, 0.25) is 17.9 Å². The minimum absolute atomic E-state index is 0.0150. The molecule has 12 heteroatoms. The second kappa shape index (κ2) is 13.4. The molecule has 1 fully saturated rings. The highest BCUT2D eigenvalue weighted by molar-refractivity contribution is 5.95. The molecule has 2 rings (SSSR count). The van der Waals surface area contributed by atoms with E-state index in [9.17, 15) is 24.0 Å². The number of carboxylic acid groups (broad SMARTS) is 1. The molecular formula is C24H34N4O8. The zero-order valence-corrected chi connectivity index (χ0v) is 20.9. The van der Waals surface area contributed by atoms with Crippen LogP contribution < -0.4 is 16.1 Å². The van der Waals surface area contributed by atoms with Gasteiger partial charge in [-0.05, 0) is 30.2 Å². The van der Waals surface area contributed by atoms with E-state index in [4.69, 9.17) is 14.6 Å². The Labute approximate surface area is 209 Å². The Hall–Kier alpha value is -3.67. The van der Waals surface area contributed by atoms with Crippen molar-refractivity contribution in [3.8, 4) is 0 Å². The number of carbonyl (C=O) groups excluding carboxylic acids is 4. The number of nitrogens with zero attached hydrogens (tertiary/aromatic N) is 1. The molecule has 0 saturated carbocycles. The summed E-state index contributed by atoms with van der Waals surface area (Å²) in [6.45, 7) is 6.79. The number of hydrazine groups is 1. The van der Waals surface area contributed by atoms with Crippen LogP contribution in [0.4, 0.5) is 9.59 Å². The molecule has 0 spiro atoms. The van der Waals surface area contributed by atoms with Crippen molar-refractivity contribution < 1.29 is 38.6 Å². The third kappa shape index (κ3) is 9.17. The summed E-state index contributed by atoms with van der Waals surface area (Å²) < 4.78 is 10.2. The first-order valence-electron chi connectivity index (χ1n) is 11.7. The molecule has 12 nitrogen and oxygen atoms in total. The Balaban J connectivity index is 2.06. The molecule has 0 aliphatic carbocycles. The Morgan fingerprint density at radius 1 is 1.03 bits per heavy atom. The molecule has 0 aromatic heterocycles. The number of hydrogen-bond donors (Lipinski definition) is 4. The van der Waals surface area contributed by atoms with Gasteiger partial charge in [-0.25, -0.2) is 14.6 Å². The van der Waals surface area contributed by atoms with Crippen LogP contribution in [0.5, 0.6) is 0 Å². The van der Waals surface area contributed by atoms with Crippen LogP contribution in [-0.4, -0.2) is 64.8 Å². The maximum absolute atomic E-state index is 13.1. The van der Waals surface area contributed by atoms with Crippen LogP contribution in [0.15, 0.2) is 30.3 Å². The third-order valence-corrected chi connectivity index (χ3v) is 5.16. The Bertz CT molecular complexity index is 937. The zero-order valence-electron chi connectivity index (χ0n) is 20.9. The van der Waals surface area contributed by atoms with Crippen molar-refractivity contribution >= 4 is 29.8 Å². The summed E-state index contributed by atoms with van der Waals surface area (Å²) in [5.41, 5.74) is 3.20. The first-order valence-corrected chi connectivity index (χ1v) is 11.7. The topological polar surface area (TPSA) is 163 Å². The summed E-state index contributed by atoms with van der Waals surface area (Å²) in [7, 11) is 0. The Kier molecular flexibility index (Phi) is 10.7. The van der Waals surface area contributed by atoms with Crippen molar-refractivity contribution in [3.05, 3.63) is 35.9 Å².